The van der Waals surface area contributed by atoms with Gasteiger partial charge in [0, 0.05) is 29.2 Å². The number of aromatic nitrogens is 1. The first-order valence-electron chi connectivity index (χ1n) is 6.60. The van der Waals surface area contributed by atoms with Gasteiger partial charge in [0.2, 0.25) is 5.91 Å². The molecule has 110 valence electrons. The van der Waals surface area contributed by atoms with E-state index >= 15 is 0 Å². The molecule has 0 unspecified atom stereocenters. The maximum Gasteiger partial charge on any atom is 0.257 e. The summed E-state index contributed by atoms with van der Waals surface area (Å²) >= 11 is 1.48. The summed E-state index contributed by atoms with van der Waals surface area (Å²) in [5, 5.41) is 6.02. The molecule has 0 spiro atoms. The third-order valence-corrected chi connectivity index (χ3v) is 3.99. The molecule has 0 saturated heterocycles. The maximum absolute atomic E-state index is 12.1. The molecule has 0 atom stereocenters. The first-order valence-corrected chi connectivity index (χ1v) is 7.42. The third kappa shape index (κ3) is 4.13. The Morgan fingerprint density at radius 3 is 2.33 bits per heavy atom. The van der Waals surface area contributed by atoms with Crippen LogP contribution in [0.15, 0.2) is 30.5 Å². The molecule has 2 N–H and O–H groups in total. The number of amides is 2. The van der Waals surface area contributed by atoms with E-state index in [0.29, 0.717) is 22.3 Å². The van der Waals surface area contributed by atoms with Crippen LogP contribution in [0.3, 0.4) is 0 Å². The quantitative estimate of drug-likeness (QED) is 0.908. The van der Waals surface area contributed by atoms with E-state index in [1.54, 1.807) is 30.5 Å². The first-order chi connectivity index (χ1) is 9.95. The Hall–Kier alpha value is -2.21. The average molecular weight is 303 g/mol. The smallest absolute Gasteiger partial charge is 0.257 e. The third-order valence-electron chi connectivity index (χ3n) is 2.78. The van der Waals surface area contributed by atoms with Crippen LogP contribution in [0, 0.1) is 0 Å². The number of hydrogen-bond acceptors (Lipinski definition) is 4. The molecule has 2 rings (SSSR count). The molecular formula is C15H17N3O2S. The normalized spacial score (nSPS) is 10.5. The van der Waals surface area contributed by atoms with E-state index in [-0.39, 0.29) is 11.8 Å². The fourth-order valence-corrected chi connectivity index (χ4v) is 2.50. The van der Waals surface area contributed by atoms with Gasteiger partial charge in [0.05, 0.1) is 0 Å². The molecule has 0 fully saturated rings. The average Bonchev–Trinajstić information content (AvgIpc) is 2.87. The second-order valence-corrected chi connectivity index (χ2v) is 6.00. The molecule has 2 amide bonds. The van der Waals surface area contributed by atoms with Crippen LogP contribution in [-0.2, 0) is 4.79 Å². The number of nitrogens with one attached hydrogen (secondary N) is 2. The molecule has 6 heteroatoms. The SMILES string of the molecule is CC(=O)Nc1ccc(C(=O)Nc2ncc(C(C)C)s2)cc1. The number of rotatable bonds is 4. The molecule has 0 saturated carbocycles. The summed E-state index contributed by atoms with van der Waals surface area (Å²) < 4.78 is 0. The van der Waals surface area contributed by atoms with E-state index in [1.165, 1.54) is 18.3 Å². The number of anilines is 2. The number of thiazole rings is 1. The van der Waals surface area contributed by atoms with Crippen molar-refractivity contribution in [2.45, 2.75) is 26.7 Å². The van der Waals surface area contributed by atoms with Gasteiger partial charge in [-0.1, -0.05) is 13.8 Å². The zero-order valence-electron chi connectivity index (χ0n) is 12.1. The zero-order valence-corrected chi connectivity index (χ0v) is 13.0. The van der Waals surface area contributed by atoms with Crippen LogP contribution in [0.2, 0.25) is 0 Å². The standard InChI is InChI=1S/C15H17N3O2S/c1-9(2)13-8-16-15(21-13)18-14(20)11-4-6-12(7-5-11)17-10(3)19/h4-9H,1-3H3,(H,17,19)(H,16,18,20). The van der Waals surface area contributed by atoms with Crippen molar-refractivity contribution in [1.82, 2.24) is 4.98 Å². The van der Waals surface area contributed by atoms with E-state index in [1.807, 2.05) is 0 Å². The fraction of sp³-hybridized carbons (Fsp3) is 0.267. The summed E-state index contributed by atoms with van der Waals surface area (Å²) in [6.45, 7) is 5.61. The fourth-order valence-electron chi connectivity index (χ4n) is 1.69. The highest BCUT2D eigenvalue weighted by atomic mass is 32.1. The van der Waals surface area contributed by atoms with Crippen LogP contribution in [0.1, 0.15) is 41.9 Å². The lowest BCUT2D eigenvalue weighted by molar-refractivity contribution is -0.114. The largest absolute Gasteiger partial charge is 0.326 e. The molecule has 0 aliphatic heterocycles. The molecule has 1 aromatic heterocycles. The second-order valence-electron chi connectivity index (χ2n) is 4.94. The summed E-state index contributed by atoms with van der Waals surface area (Å²) in [4.78, 5) is 28.3. The van der Waals surface area contributed by atoms with Crippen molar-refractivity contribution in [2.24, 2.45) is 0 Å². The molecule has 0 radical (unpaired) electrons. The minimum Gasteiger partial charge on any atom is -0.326 e. The number of benzene rings is 1. The van der Waals surface area contributed by atoms with Crippen LogP contribution in [0.25, 0.3) is 0 Å². The zero-order chi connectivity index (χ0) is 15.4. The lowest BCUT2D eigenvalue weighted by atomic mass is 10.2. The van der Waals surface area contributed by atoms with E-state index in [2.05, 4.69) is 29.5 Å². The maximum atomic E-state index is 12.1. The Morgan fingerprint density at radius 2 is 1.81 bits per heavy atom. The molecular weight excluding hydrogens is 286 g/mol. The summed E-state index contributed by atoms with van der Waals surface area (Å²) in [5.74, 6) is 0.0373. The van der Waals surface area contributed by atoms with Gasteiger partial charge in [0.1, 0.15) is 0 Å². The number of hydrogen-bond donors (Lipinski definition) is 2. The predicted molar refractivity (Wildman–Crippen MR) is 84.9 cm³/mol. The van der Waals surface area contributed by atoms with Gasteiger partial charge in [0.25, 0.3) is 5.91 Å². The van der Waals surface area contributed by atoms with Crippen molar-refractivity contribution in [3.63, 3.8) is 0 Å². The highest BCUT2D eigenvalue weighted by Crippen LogP contribution is 2.25. The van der Waals surface area contributed by atoms with Gasteiger partial charge in [-0.3, -0.25) is 14.9 Å². The van der Waals surface area contributed by atoms with Gasteiger partial charge >= 0.3 is 0 Å². The molecule has 1 heterocycles. The molecule has 1 aromatic carbocycles. The van der Waals surface area contributed by atoms with Gasteiger partial charge in [-0.05, 0) is 30.2 Å². The molecule has 0 bridgehead atoms. The van der Waals surface area contributed by atoms with Crippen molar-refractivity contribution < 1.29 is 9.59 Å². The van der Waals surface area contributed by atoms with Crippen molar-refractivity contribution in [1.29, 1.82) is 0 Å². The summed E-state index contributed by atoms with van der Waals surface area (Å²) in [5.41, 5.74) is 1.18. The van der Waals surface area contributed by atoms with Gasteiger partial charge in [-0.2, -0.15) is 0 Å². The topological polar surface area (TPSA) is 71.1 Å². The predicted octanol–water partition coefficient (Wildman–Crippen LogP) is 3.48. The Kier molecular flexibility index (Phi) is 4.70. The number of carbonyl (C=O) groups is 2. The van der Waals surface area contributed by atoms with Gasteiger partial charge in [-0.15, -0.1) is 11.3 Å². The monoisotopic (exact) mass is 303 g/mol. The summed E-state index contributed by atoms with van der Waals surface area (Å²) in [7, 11) is 0. The van der Waals surface area contributed by atoms with Crippen molar-refractivity contribution in [3.8, 4) is 0 Å². The summed E-state index contributed by atoms with van der Waals surface area (Å²) in [6, 6.07) is 6.71. The van der Waals surface area contributed by atoms with E-state index in [9.17, 15) is 9.59 Å². The number of nitrogens with zero attached hydrogens (tertiary/aromatic N) is 1. The van der Waals surface area contributed by atoms with Crippen LogP contribution in [0.4, 0.5) is 10.8 Å². The van der Waals surface area contributed by atoms with Crippen molar-refractivity contribution in [2.75, 3.05) is 10.6 Å². The molecule has 0 aliphatic carbocycles. The Balaban J connectivity index is 2.04. The highest BCUT2D eigenvalue weighted by Gasteiger charge is 2.10. The van der Waals surface area contributed by atoms with Crippen molar-refractivity contribution in [3.05, 3.63) is 40.9 Å². The Labute approximate surface area is 127 Å². The lowest BCUT2D eigenvalue weighted by Gasteiger charge is -2.04. The van der Waals surface area contributed by atoms with Crippen LogP contribution in [-0.4, -0.2) is 16.8 Å². The molecule has 21 heavy (non-hydrogen) atoms. The van der Waals surface area contributed by atoms with Crippen LogP contribution in [0.5, 0.6) is 0 Å². The summed E-state index contributed by atoms with van der Waals surface area (Å²) in [6.07, 6.45) is 1.78. The van der Waals surface area contributed by atoms with Gasteiger partial charge < -0.3 is 5.32 Å². The minimum absolute atomic E-state index is 0.142. The van der Waals surface area contributed by atoms with Crippen LogP contribution < -0.4 is 10.6 Å². The van der Waals surface area contributed by atoms with E-state index in [4.69, 9.17) is 0 Å². The van der Waals surface area contributed by atoms with Crippen molar-refractivity contribution >= 4 is 34.0 Å². The number of carbonyl (C=O) groups excluding carboxylic acids is 2. The van der Waals surface area contributed by atoms with Gasteiger partial charge in [-0.25, -0.2) is 4.98 Å². The van der Waals surface area contributed by atoms with Crippen LogP contribution >= 0.6 is 11.3 Å². The Morgan fingerprint density at radius 1 is 1.14 bits per heavy atom. The highest BCUT2D eigenvalue weighted by molar-refractivity contribution is 7.15. The lowest BCUT2D eigenvalue weighted by Crippen LogP contribution is -2.12. The second kappa shape index (κ2) is 6.49. The van der Waals surface area contributed by atoms with E-state index in [0.717, 1.165) is 4.88 Å². The van der Waals surface area contributed by atoms with E-state index < -0.39 is 0 Å². The molecule has 5 nitrogen and oxygen atoms in total. The molecule has 2 aromatic rings. The van der Waals surface area contributed by atoms with Gasteiger partial charge in [0.15, 0.2) is 5.13 Å². The molecule has 0 aliphatic rings. The minimum atomic E-state index is -0.214. The first kappa shape index (κ1) is 15.2. The Bertz CT molecular complexity index is 647.